The van der Waals surface area contributed by atoms with Gasteiger partial charge in [0.05, 0.1) is 10.6 Å². The largest absolute Gasteiger partial charge is 0.371 e. The number of aryl methyl sites for hydroxylation is 2. The van der Waals surface area contributed by atoms with Crippen LogP contribution in [0.1, 0.15) is 34.3 Å². The number of hydrogen-bond acceptors (Lipinski definition) is 4. The summed E-state index contributed by atoms with van der Waals surface area (Å²) in [6.45, 7) is 6.11. The van der Waals surface area contributed by atoms with E-state index >= 15 is 0 Å². The van der Waals surface area contributed by atoms with Crippen LogP contribution in [0.25, 0.3) is 0 Å². The third-order valence-electron chi connectivity index (χ3n) is 6.05. The van der Waals surface area contributed by atoms with E-state index in [0.717, 1.165) is 24.2 Å². The van der Waals surface area contributed by atoms with E-state index < -0.39 is 10.0 Å². The molecule has 0 saturated carbocycles. The molecule has 1 aliphatic rings. The van der Waals surface area contributed by atoms with E-state index in [4.69, 9.17) is 0 Å². The molecule has 6 nitrogen and oxygen atoms in total. The molecule has 0 unspecified atom stereocenters. The Bertz CT molecular complexity index is 1260. The normalized spacial score (nSPS) is 13.7. The monoisotopic (exact) mass is 463 g/mol. The zero-order valence-corrected chi connectivity index (χ0v) is 20.0. The van der Waals surface area contributed by atoms with Crippen LogP contribution in [0.15, 0.2) is 71.6 Å². The maximum Gasteiger partial charge on any atom is 0.264 e. The van der Waals surface area contributed by atoms with Gasteiger partial charge in [-0.25, -0.2) is 8.42 Å². The van der Waals surface area contributed by atoms with Gasteiger partial charge in [0.1, 0.15) is 0 Å². The van der Waals surface area contributed by atoms with Crippen molar-refractivity contribution < 1.29 is 13.2 Å². The third-order valence-corrected chi connectivity index (χ3v) is 7.84. The molecule has 0 spiro atoms. The van der Waals surface area contributed by atoms with E-state index in [1.54, 1.807) is 24.3 Å². The number of rotatable bonds is 6. The summed E-state index contributed by atoms with van der Waals surface area (Å²) in [5.74, 6) is -0.349. The molecule has 1 N–H and O–H groups in total. The summed E-state index contributed by atoms with van der Waals surface area (Å²) in [7, 11) is -2.30. The van der Waals surface area contributed by atoms with Crippen LogP contribution in [0, 0.1) is 13.8 Å². The summed E-state index contributed by atoms with van der Waals surface area (Å²) in [6.07, 6.45) is 2.41. The van der Waals surface area contributed by atoms with Crippen molar-refractivity contribution in [2.75, 3.05) is 34.7 Å². The quantitative estimate of drug-likeness (QED) is 0.560. The van der Waals surface area contributed by atoms with Gasteiger partial charge in [-0.1, -0.05) is 23.8 Å². The van der Waals surface area contributed by atoms with Crippen LogP contribution in [0.5, 0.6) is 0 Å². The molecule has 172 valence electrons. The minimum Gasteiger partial charge on any atom is -0.371 e. The highest BCUT2D eigenvalue weighted by molar-refractivity contribution is 7.92. The maximum atomic E-state index is 13.1. The fraction of sp³-hybridized carbons (Fsp3) is 0.269. The Labute approximate surface area is 195 Å². The first-order valence-electron chi connectivity index (χ1n) is 11.1. The second-order valence-electron chi connectivity index (χ2n) is 8.49. The molecule has 1 aliphatic heterocycles. The van der Waals surface area contributed by atoms with Gasteiger partial charge in [0.2, 0.25) is 0 Å². The van der Waals surface area contributed by atoms with Crippen LogP contribution < -0.4 is 14.5 Å². The first-order valence-corrected chi connectivity index (χ1v) is 12.5. The predicted molar refractivity (Wildman–Crippen MR) is 134 cm³/mol. The summed E-state index contributed by atoms with van der Waals surface area (Å²) < 4.78 is 27.5. The average molecular weight is 464 g/mol. The smallest absolute Gasteiger partial charge is 0.264 e. The summed E-state index contributed by atoms with van der Waals surface area (Å²) in [6, 6.07) is 19.3. The molecule has 0 aromatic heterocycles. The van der Waals surface area contributed by atoms with Crippen LogP contribution >= 0.6 is 0 Å². The number of hydrogen-bond donors (Lipinski definition) is 1. The molecule has 3 aromatic rings. The standard InChI is InChI=1S/C26H29N3O3S/c1-19-9-12-23(13-10-19)28(3)33(31,32)24-8-6-7-21(18-24)26(30)27-22-11-14-25(20(2)17-22)29-15-4-5-16-29/h6-14,17-18H,4-5,15-16H2,1-3H3,(H,27,30). The van der Waals surface area contributed by atoms with Gasteiger partial charge in [0.25, 0.3) is 15.9 Å². The highest BCUT2D eigenvalue weighted by Gasteiger charge is 2.22. The van der Waals surface area contributed by atoms with Gasteiger partial charge in [-0.3, -0.25) is 9.10 Å². The lowest BCUT2D eigenvalue weighted by molar-refractivity contribution is 0.102. The van der Waals surface area contributed by atoms with Gasteiger partial charge in [-0.05, 0) is 80.8 Å². The Morgan fingerprint density at radius 2 is 1.64 bits per heavy atom. The Morgan fingerprint density at radius 1 is 0.939 bits per heavy atom. The lowest BCUT2D eigenvalue weighted by Gasteiger charge is -2.21. The second kappa shape index (κ2) is 9.27. The SMILES string of the molecule is Cc1ccc(N(C)S(=O)(=O)c2cccc(C(=O)Nc3ccc(N4CCCC4)c(C)c3)c2)cc1. The van der Waals surface area contributed by atoms with Crippen LogP contribution in [-0.2, 0) is 10.0 Å². The van der Waals surface area contributed by atoms with Crippen molar-refractivity contribution in [3.63, 3.8) is 0 Å². The van der Waals surface area contributed by atoms with Gasteiger partial charge < -0.3 is 10.2 Å². The van der Waals surface area contributed by atoms with E-state index in [1.165, 1.54) is 42.0 Å². The van der Waals surface area contributed by atoms with Crippen molar-refractivity contribution in [1.29, 1.82) is 0 Å². The van der Waals surface area contributed by atoms with Gasteiger partial charge >= 0.3 is 0 Å². The minimum absolute atomic E-state index is 0.0683. The number of carbonyl (C=O) groups excluding carboxylic acids is 1. The molecule has 7 heteroatoms. The van der Waals surface area contributed by atoms with Crippen LogP contribution in [-0.4, -0.2) is 34.5 Å². The molecule has 33 heavy (non-hydrogen) atoms. The summed E-state index contributed by atoms with van der Waals surface area (Å²) in [5, 5.41) is 2.90. The molecule has 0 bridgehead atoms. The molecule has 0 aliphatic carbocycles. The summed E-state index contributed by atoms with van der Waals surface area (Å²) in [5.41, 5.74) is 4.87. The number of benzene rings is 3. The van der Waals surface area contributed by atoms with Crippen LogP contribution in [0.4, 0.5) is 17.1 Å². The van der Waals surface area contributed by atoms with E-state index in [2.05, 4.69) is 10.2 Å². The molecule has 1 amide bonds. The summed E-state index contributed by atoms with van der Waals surface area (Å²) in [4.78, 5) is 15.3. The van der Waals surface area contributed by atoms with E-state index in [-0.39, 0.29) is 16.4 Å². The zero-order valence-electron chi connectivity index (χ0n) is 19.2. The first kappa shape index (κ1) is 22.9. The highest BCUT2D eigenvalue weighted by Crippen LogP contribution is 2.27. The fourth-order valence-electron chi connectivity index (χ4n) is 4.10. The number of sulfonamides is 1. The molecule has 0 radical (unpaired) electrons. The Balaban J connectivity index is 1.53. The molecule has 1 heterocycles. The minimum atomic E-state index is -3.81. The first-order chi connectivity index (χ1) is 15.8. The zero-order chi connectivity index (χ0) is 23.6. The van der Waals surface area contributed by atoms with Gasteiger partial charge in [0, 0.05) is 37.1 Å². The predicted octanol–water partition coefficient (Wildman–Crippen LogP) is 4.98. The van der Waals surface area contributed by atoms with Crippen molar-refractivity contribution in [2.24, 2.45) is 0 Å². The van der Waals surface area contributed by atoms with Crippen molar-refractivity contribution in [1.82, 2.24) is 0 Å². The Kier molecular flexibility index (Phi) is 6.42. The van der Waals surface area contributed by atoms with Crippen molar-refractivity contribution in [3.05, 3.63) is 83.4 Å². The number of amides is 1. The molecule has 3 aromatic carbocycles. The fourth-order valence-corrected chi connectivity index (χ4v) is 5.34. The lowest BCUT2D eigenvalue weighted by atomic mass is 10.1. The van der Waals surface area contributed by atoms with Crippen molar-refractivity contribution >= 4 is 33.0 Å². The number of nitrogens with zero attached hydrogens (tertiary/aromatic N) is 2. The van der Waals surface area contributed by atoms with Gasteiger partial charge in [-0.2, -0.15) is 0 Å². The van der Waals surface area contributed by atoms with Crippen molar-refractivity contribution in [2.45, 2.75) is 31.6 Å². The van der Waals surface area contributed by atoms with Gasteiger partial charge in [0.15, 0.2) is 0 Å². The number of carbonyl (C=O) groups is 1. The van der Waals surface area contributed by atoms with E-state index in [1.807, 2.05) is 44.2 Å². The average Bonchev–Trinajstić information content (AvgIpc) is 3.34. The van der Waals surface area contributed by atoms with Crippen molar-refractivity contribution in [3.8, 4) is 0 Å². The molecule has 1 fully saturated rings. The maximum absolute atomic E-state index is 13.1. The van der Waals surface area contributed by atoms with Crippen LogP contribution in [0.2, 0.25) is 0 Å². The number of nitrogens with one attached hydrogen (secondary N) is 1. The highest BCUT2D eigenvalue weighted by atomic mass is 32.2. The molecule has 0 atom stereocenters. The summed E-state index contributed by atoms with van der Waals surface area (Å²) >= 11 is 0. The Hall–Kier alpha value is -3.32. The molecular weight excluding hydrogens is 434 g/mol. The molecule has 4 rings (SSSR count). The topological polar surface area (TPSA) is 69.7 Å². The third kappa shape index (κ3) is 4.88. The second-order valence-corrected chi connectivity index (χ2v) is 10.5. The molecule has 1 saturated heterocycles. The van der Waals surface area contributed by atoms with Gasteiger partial charge in [-0.15, -0.1) is 0 Å². The number of anilines is 3. The van der Waals surface area contributed by atoms with E-state index in [0.29, 0.717) is 11.4 Å². The van der Waals surface area contributed by atoms with E-state index in [9.17, 15) is 13.2 Å². The molecular formula is C26H29N3O3S. The Morgan fingerprint density at radius 3 is 2.30 bits per heavy atom. The lowest BCUT2D eigenvalue weighted by Crippen LogP contribution is -2.26. The van der Waals surface area contributed by atoms with Crippen LogP contribution in [0.3, 0.4) is 0 Å².